The van der Waals surface area contributed by atoms with Crippen molar-refractivity contribution in [2.24, 2.45) is 11.8 Å². The van der Waals surface area contributed by atoms with Crippen LogP contribution in [0, 0.1) is 11.8 Å². The number of hydrogen-bond acceptors (Lipinski definition) is 3. The van der Waals surface area contributed by atoms with Gasteiger partial charge in [0.2, 0.25) is 11.8 Å². The largest absolute Gasteiger partial charge is 0.481 e. The van der Waals surface area contributed by atoms with Crippen LogP contribution in [0.15, 0.2) is 42.5 Å². The average molecular weight is 396 g/mol. The maximum absolute atomic E-state index is 13.0. The van der Waals surface area contributed by atoms with Crippen LogP contribution < -0.4 is 5.32 Å². The molecular formula is C23H28N2O4. The Labute approximate surface area is 170 Å². The molecule has 6 nitrogen and oxygen atoms in total. The lowest BCUT2D eigenvalue weighted by Gasteiger charge is -2.34. The number of amides is 2. The quantitative estimate of drug-likeness (QED) is 0.786. The zero-order valence-electron chi connectivity index (χ0n) is 16.9. The molecule has 1 fully saturated rings. The Hall–Kier alpha value is -2.89. The van der Waals surface area contributed by atoms with Crippen molar-refractivity contribution in [1.29, 1.82) is 0 Å². The van der Waals surface area contributed by atoms with Gasteiger partial charge in [0.25, 0.3) is 0 Å². The van der Waals surface area contributed by atoms with Crippen molar-refractivity contribution in [3.05, 3.63) is 48.0 Å². The summed E-state index contributed by atoms with van der Waals surface area (Å²) in [6.07, 6.45) is 1.44. The number of aliphatic carboxylic acids is 1. The molecule has 1 aliphatic heterocycles. The van der Waals surface area contributed by atoms with Crippen LogP contribution in [0.1, 0.15) is 32.3 Å². The minimum atomic E-state index is -0.871. The molecule has 0 aromatic heterocycles. The Morgan fingerprint density at radius 2 is 1.86 bits per heavy atom. The fourth-order valence-corrected chi connectivity index (χ4v) is 3.85. The van der Waals surface area contributed by atoms with E-state index in [-0.39, 0.29) is 30.7 Å². The Morgan fingerprint density at radius 1 is 1.14 bits per heavy atom. The van der Waals surface area contributed by atoms with Gasteiger partial charge in [-0.2, -0.15) is 0 Å². The fourth-order valence-electron chi connectivity index (χ4n) is 3.85. The van der Waals surface area contributed by atoms with Gasteiger partial charge in [0.05, 0.1) is 12.3 Å². The average Bonchev–Trinajstić information content (AvgIpc) is 2.71. The lowest BCUT2D eigenvalue weighted by atomic mass is 9.95. The molecule has 2 aromatic rings. The van der Waals surface area contributed by atoms with Gasteiger partial charge in [0, 0.05) is 13.1 Å². The molecule has 0 aliphatic carbocycles. The maximum atomic E-state index is 13.0. The summed E-state index contributed by atoms with van der Waals surface area (Å²) in [5.74, 6) is -1.90. The van der Waals surface area contributed by atoms with Crippen LogP contribution in [-0.2, 0) is 20.8 Å². The summed E-state index contributed by atoms with van der Waals surface area (Å²) in [4.78, 5) is 38.5. The smallest absolute Gasteiger partial charge is 0.308 e. The zero-order chi connectivity index (χ0) is 21.0. The second-order valence-corrected chi connectivity index (χ2v) is 8.11. The van der Waals surface area contributed by atoms with Gasteiger partial charge in [0.15, 0.2) is 0 Å². The van der Waals surface area contributed by atoms with Crippen molar-refractivity contribution in [3.63, 3.8) is 0 Å². The highest BCUT2D eigenvalue weighted by Crippen LogP contribution is 2.19. The first-order chi connectivity index (χ1) is 13.8. The minimum Gasteiger partial charge on any atom is -0.481 e. The first kappa shape index (κ1) is 20.8. The highest BCUT2D eigenvalue weighted by Gasteiger charge is 2.33. The van der Waals surface area contributed by atoms with E-state index in [0.29, 0.717) is 19.4 Å². The number of nitrogens with one attached hydrogen (secondary N) is 1. The van der Waals surface area contributed by atoms with E-state index in [1.165, 1.54) is 0 Å². The molecule has 2 N–H and O–H groups in total. The summed E-state index contributed by atoms with van der Waals surface area (Å²) >= 11 is 0. The van der Waals surface area contributed by atoms with Crippen LogP contribution in [-0.4, -0.2) is 46.9 Å². The van der Waals surface area contributed by atoms with E-state index in [2.05, 4.69) is 5.32 Å². The van der Waals surface area contributed by atoms with Crippen molar-refractivity contribution in [2.75, 3.05) is 13.1 Å². The number of carboxylic acids is 1. The van der Waals surface area contributed by atoms with Crippen LogP contribution in [0.2, 0.25) is 0 Å². The van der Waals surface area contributed by atoms with Gasteiger partial charge in [-0.05, 0) is 35.1 Å². The molecular weight excluding hydrogens is 368 g/mol. The van der Waals surface area contributed by atoms with E-state index in [1.807, 2.05) is 56.3 Å². The number of benzene rings is 2. The summed E-state index contributed by atoms with van der Waals surface area (Å²) in [6.45, 7) is 4.51. The van der Waals surface area contributed by atoms with E-state index >= 15 is 0 Å². The van der Waals surface area contributed by atoms with Crippen molar-refractivity contribution < 1.29 is 19.5 Å². The normalized spacial score (nSPS) is 17.9. The molecule has 0 spiro atoms. The molecule has 154 valence electrons. The standard InChI is InChI=1S/C23H28N2O4/c1-15(2)21(22(27)25-11-5-8-19(14-25)23(28)29)24-20(26)13-16-9-10-17-6-3-4-7-18(17)12-16/h3-4,6-7,9-10,12,15,19,21H,5,8,11,13-14H2,1-2H3,(H,24,26)(H,28,29). The number of nitrogens with zero attached hydrogens (tertiary/aromatic N) is 1. The van der Waals surface area contributed by atoms with E-state index in [1.54, 1.807) is 4.90 Å². The van der Waals surface area contributed by atoms with Gasteiger partial charge < -0.3 is 15.3 Å². The van der Waals surface area contributed by atoms with Crippen molar-refractivity contribution in [1.82, 2.24) is 10.2 Å². The molecule has 0 radical (unpaired) electrons. The van der Waals surface area contributed by atoms with Crippen LogP contribution >= 0.6 is 0 Å². The SMILES string of the molecule is CC(C)C(NC(=O)Cc1ccc2ccccc2c1)C(=O)N1CCCC(C(=O)O)C1. The second kappa shape index (κ2) is 9.07. The predicted molar refractivity (Wildman–Crippen MR) is 111 cm³/mol. The van der Waals surface area contributed by atoms with E-state index < -0.39 is 17.9 Å². The Morgan fingerprint density at radius 3 is 2.55 bits per heavy atom. The Bertz CT molecular complexity index is 909. The molecule has 1 heterocycles. The molecule has 1 saturated heterocycles. The molecule has 3 rings (SSSR count). The van der Waals surface area contributed by atoms with E-state index in [0.717, 1.165) is 16.3 Å². The van der Waals surface area contributed by atoms with Crippen LogP contribution in [0.5, 0.6) is 0 Å². The van der Waals surface area contributed by atoms with Crippen molar-refractivity contribution in [3.8, 4) is 0 Å². The van der Waals surface area contributed by atoms with Gasteiger partial charge in [-0.3, -0.25) is 14.4 Å². The number of fused-ring (bicyclic) bond motifs is 1. The minimum absolute atomic E-state index is 0.0896. The summed E-state index contributed by atoms with van der Waals surface area (Å²) in [5, 5.41) is 14.3. The van der Waals surface area contributed by atoms with Crippen molar-refractivity contribution >= 4 is 28.6 Å². The Balaban J connectivity index is 1.66. The summed E-state index contributed by atoms with van der Waals surface area (Å²) < 4.78 is 0. The van der Waals surface area contributed by atoms with Gasteiger partial charge in [0.1, 0.15) is 6.04 Å². The van der Waals surface area contributed by atoms with E-state index in [4.69, 9.17) is 0 Å². The summed E-state index contributed by atoms with van der Waals surface area (Å²) in [7, 11) is 0. The van der Waals surface area contributed by atoms with Crippen molar-refractivity contribution in [2.45, 2.75) is 39.2 Å². The number of piperidine rings is 1. The molecule has 2 unspecified atom stereocenters. The van der Waals surface area contributed by atoms with E-state index in [9.17, 15) is 19.5 Å². The first-order valence-electron chi connectivity index (χ1n) is 10.1. The monoisotopic (exact) mass is 396 g/mol. The lowest BCUT2D eigenvalue weighted by Crippen LogP contribution is -2.54. The third kappa shape index (κ3) is 5.13. The molecule has 2 atom stereocenters. The van der Waals surface area contributed by atoms with Gasteiger partial charge in [-0.25, -0.2) is 0 Å². The predicted octanol–water partition coefficient (Wildman–Crippen LogP) is 2.85. The number of carboxylic acid groups (broad SMARTS) is 1. The summed E-state index contributed by atoms with van der Waals surface area (Å²) in [6, 6.07) is 13.2. The fraction of sp³-hybridized carbons (Fsp3) is 0.435. The van der Waals surface area contributed by atoms with Gasteiger partial charge >= 0.3 is 5.97 Å². The highest BCUT2D eigenvalue weighted by atomic mass is 16.4. The number of likely N-dealkylation sites (tertiary alicyclic amines) is 1. The third-order valence-electron chi connectivity index (χ3n) is 5.51. The zero-order valence-corrected chi connectivity index (χ0v) is 16.9. The topological polar surface area (TPSA) is 86.7 Å². The summed E-state index contributed by atoms with van der Waals surface area (Å²) in [5.41, 5.74) is 0.889. The first-order valence-corrected chi connectivity index (χ1v) is 10.1. The molecule has 1 aliphatic rings. The molecule has 0 bridgehead atoms. The number of carbonyl (C=O) groups excluding carboxylic acids is 2. The van der Waals surface area contributed by atoms with Crippen LogP contribution in [0.25, 0.3) is 10.8 Å². The highest BCUT2D eigenvalue weighted by molar-refractivity contribution is 5.90. The lowest BCUT2D eigenvalue weighted by molar-refractivity contribution is -0.147. The Kier molecular flexibility index (Phi) is 6.52. The third-order valence-corrected chi connectivity index (χ3v) is 5.51. The second-order valence-electron chi connectivity index (χ2n) is 8.11. The van der Waals surface area contributed by atoms with Crippen LogP contribution in [0.4, 0.5) is 0 Å². The number of carbonyl (C=O) groups is 3. The molecule has 6 heteroatoms. The van der Waals surface area contributed by atoms with Gasteiger partial charge in [-0.1, -0.05) is 56.3 Å². The molecule has 29 heavy (non-hydrogen) atoms. The molecule has 2 amide bonds. The van der Waals surface area contributed by atoms with Crippen LogP contribution in [0.3, 0.4) is 0 Å². The number of rotatable bonds is 6. The number of hydrogen-bond donors (Lipinski definition) is 2. The molecule has 2 aromatic carbocycles. The van der Waals surface area contributed by atoms with Gasteiger partial charge in [-0.15, -0.1) is 0 Å². The maximum Gasteiger partial charge on any atom is 0.308 e. The molecule has 0 saturated carbocycles.